The number of carboxylic acids is 1. The SMILES string of the molecule is CCC(C)N1CC(C)(C)N(C)C(=O)C1CC(=O)O. The normalized spacial score (nSPS) is 26.2. The number of hydrogen-bond acceptors (Lipinski definition) is 3. The summed E-state index contributed by atoms with van der Waals surface area (Å²) in [6.07, 6.45) is 0.785. The Bertz CT molecular complexity index is 341. The van der Waals surface area contributed by atoms with Gasteiger partial charge in [-0.15, -0.1) is 0 Å². The molecule has 2 unspecified atom stereocenters. The summed E-state index contributed by atoms with van der Waals surface area (Å²) in [6, 6.07) is -0.318. The zero-order chi connectivity index (χ0) is 14.1. The lowest BCUT2D eigenvalue weighted by atomic mass is 9.92. The fraction of sp³-hybridized carbons (Fsp3) is 0.846. The standard InChI is InChI=1S/C13H24N2O3/c1-6-9(2)15-8-13(3,4)14(5)12(18)10(15)7-11(16)17/h9-10H,6-8H2,1-5H3,(H,16,17). The molecule has 5 nitrogen and oxygen atoms in total. The maximum absolute atomic E-state index is 12.3. The average Bonchev–Trinajstić information content (AvgIpc) is 2.28. The lowest BCUT2D eigenvalue weighted by Crippen LogP contribution is -2.66. The van der Waals surface area contributed by atoms with Gasteiger partial charge in [0.15, 0.2) is 0 Å². The first kappa shape index (κ1) is 15.0. The molecule has 5 heteroatoms. The van der Waals surface area contributed by atoms with E-state index in [0.29, 0.717) is 6.54 Å². The monoisotopic (exact) mass is 256 g/mol. The molecule has 0 saturated carbocycles. The average molecular weight is 256 g/mol. The molecular weight excluding hydrogens is 232 g/mol. The molecule has 0 aromatic heterocycles. The Kier molecular flexibility index (Phi) is 4.37. The molecule has 0 radical (unpaired) electrons. The van der Waals surface area contributed by atoms with E-state index in [2.05, 4.69) is 6.92 Å². The minimum Gasteiger partial charge on any atom is -0.481 e. The van der Waals surface area contributed by atoms with Crippen LogP contribution in [0.2, 0.25) is 0 Å². The molecule has 104 valence electrons. The summed E-state index contributed by atoms with van der Waals surface area (Å²) in [5.74, 6) is -1.01. The molecule has 0 aliphatic carbocycles. The number of likely N-dealkylation sites (N-methyl/N-ethyl adjacent to an activating group) is 1. The number of nitrogens with zero attached hydrogens (tertiary/aromatic N) is 2. The van der Waals surface area contributed by atoms with Crippen LogP contribution in [0.5, 0.6) is 0 Å². The van der Waals surface area contributed by atoms with Crippen LogP contribution in [0.1, 0.15) is 40.5 Å². The van der Waals surface area contributed by atoms with Crippen molar-refractivity contribution in [1.82, 2.24) is 9.80 Å². The highest BCUT2D eigenvalue weighted by Gasteiger charge is 2.44. The summed E-state index contributed by atoms with van der Waals surface area (Å²) >= 11 is 0. The van der Waals surface area contributed by atoms with E-state index in [1.807, 2.05) is 25.7 Å². The Balaban J connectivity index is 3.02. The molecule has 1 N–H and O–H groups in total. The number of piperazine rings is 1. The maximum Gasteiger partial charge on any atom is 0.305 e. The summed E-state index contributed by atoms with van der Waals surface area (Å²) in [5.41, 5.74) is -0.254. The van der Waals surface area contributed by atoms with Gasteiger partial charge in [0.05, 0.1) is 6.42 Å². The molecule has 18 heavy (non-hydrogen) atoms. The molecular formula is C13H24N2O3. The van der Waals surface area contributed by atoms with Gasteiger partial charge >= 0.3 is 5.97 Å². The van der Waals surface area contributed by atoms with Crippen molar-refractivity contribution in [2.24, 2.45) is 0 Å². The molecule has 1 amide bonds. The van der Waals surface area contributed by atoms with Gasteiger partial charge in [-0.3, -0.25) is 14.5 Å². The summed E-state index contributed by atoms with van der Waals surface area (Å²) < 4.78 is 0. The van der Waals surface area contributed by atoms with E-state index in [1.165, 1.54) is 0 Å². The molecule has 0 bridgehead atoms. The second-order valence-corrected chi connectivity index (χ2v) is 5.75. The molecule has 0 spiro atoms. The zero-order valence-electron chi connectivity index (χ0n) is 11.9. The van der Waals surface area contributed by atoms with E-state index >= 15 is 0 Å². The Labute approximate surface area is 109 Å². The van der Waals surface area contributed by atoms with E-state index in [4.69, 9.17) is 5.11 Å². The van der Waals surface area contributed by atoms with Crippen LogP contribution in [-0.4, -0.2) is 58.0 Å². The van der Waals surface area contributed by atoms with Crippen molar-refractivity contribution in [1.29, 1.82) is 0 Å². The van der Waals surface area contributed by atoms with Crippen LogP contribution in [0.25, 0.3) is 0 Å². The second-order valence-electron chi connectivity index (χ2n) is 5.75. The van der Waals surface area contributed by atoms with Gasteiger partial charge in [0, 0.05) is 25.2 Å². The van der Waals surface area contributed by atoms with Gasteiger partial charge in [0.25, 0.3) is 0 Å². The van der Waals surface area contributed by atoms with Crippen molar-refractivity contribution in [3.8, 4) is 0 Å². The zero-order valence-corrected chi connectivity index (χ0v) is 11.9. The molecule has 2 atom stereocenters. The third-order valence-corrected chi connectivity index (χ3v) is 4.02. The van der Waals surface area contributed by atoms with Crippen LogP contribution in [0, 0.1) is 0 Å². The first-order valence-corrected chi connectivity index (χ1v) is 6.46. The van der Waals surface area contributed by atoms with Crippen LogP contribution >= 0.6 is 0 Å². The fourth-order valence-corrected chi connectivity index (χ4v) is 2.39. The van der Waals surface area contributed by atoms with E-state index < -0.39 is 12.0 Å². The minimum atomic E-state index is -0.922. The molecule has 1 aliphatic heterocycles. The van der Waals surface area contributed by atoms with Crippen molar-refractivity contribution in [2.75, 3.05) is 13.6 Å². The fourth-order valence-electron chi connectivity index (χ4n) is 2.39. The number of rotatable bonds is 4. The van der Waals surface area contributed by atoms with E-state index in [9.17, 15) is 9.59 Å². The summed E-state index contributed by atoms with van der Waals surface area (Å²) in [4.78, 5) is 27.0. The Morgan fingerprint density at radius 2 is 2.11 bits per heavy atom. The molecule has 1 fully saturated rings. The lowest BCUT2D eigenvalue weighted by Gasteiger charge is -2.50. The van der Waals surface area contributed by atoms with Gasteiger partial charge in [-0.1, -0.05) is 6.92 Å². The molecule has 0 aromatic carbocycles. The van der Waals surface area contributed by atoms with Crippen molar-refractivity contribution < 1.29 is 14.7 Å². The van der Waals surface area contributed by atoms with Crippen LogP contribution < -0.4 is 0 Å². The van der Waals surface area contributed by atoms with Gasteiger partial charge in [0.2, 0.25) is 5.91 Å². The third kappa shape index (κ3) is 2.83. The van der Waals surface area contributed by atoms with Crippen LogP contribution in [0.3, 0.4) is 0 Å². The third-order valence-electron chi connectivity index (χ3n) is 4.02. The number of carboxylic acid groups (broad SMARTS) is 1. The van der Waals surface area contributed by atoms with Crippen molar-refractivity contribution >= 4 is 11.9 Å². The highest BCUT2D eigenvalue weighted by Crippen LogP contribution is 2.27. The number of hydrogen-bond donors (Lipinski definition) is 1. The highest BCUT2D eigenvalue weighted by molar-refractivity contribution is 5.87. The topological polar surface area (TPSA) is 60.9 Å². The van der Waals surface area contributed by atoms with Crippen molar-refractivity contribution in [3.63, 3.8) is 0 Å². The Morgan fingerprint density at radius 1 is 1.56 bits per heavy atom. The van der Waals surface area contributed by atoms with E-state index in [-0.39, 0.29) is 23.9 Å². The molecule has 1 rings (SSSR count). The molecule has 0 aromatic rings. The quantitative estimate of drug-likeness (QED) is 0.820. The van der Waals surface area contributed by atoms with Crippen molar-refractivity contribution in [3.05, 3.63) is 0 Å². The Morgan fingerprint density at radius 3 is 2.56 bits per heavy atom. The predicted molar refractivity (Wildman–Crippen MR) is 69.3 cm³/mol. The molecule has 1 saturated heterocycles. The first-order chi connectivity index (χ1) is 8.20. The van der Waals surface area contributed by atoms with Crippen LogP contribution in [0.4, 0.5) is 0 Å². The largest absolute Gasteiger partial charge is 0.481 e. The van der Waals surface area contributed by atoms with E-state index in [1.54, 1.807) is 11.9 Å². The summed E-state index contributed by atoms with van der Waals surface area (Å²) in [5, 5.41) is 8.97. The smallest absolute Gasteiger partial charge is 0.305 e. The van der Waals surface area contributed by atoms with Crippen molar-refractivity contribution in [2.45, 2.75) is 58.2 Å². The number of carbonyl (C=O) groups excluding carboxylic acids is 1. The predicted octanol–water partition coefficient (Wildman–Crippen LogP) is 1.18. The van der Waals surface area contributed by atoms with E-state index in [0.717, 1.165) is 6.42 Å². The second kappa shape index (κ2) is 5.26. The van der Waals surface area contributed by atoms with Gasteiger partial charge in [0.1, 0.15) is 6.04 Å². The molecule has 1 aliphatic rings. The Hall–Kier alpha value is -1.10. The first-order valence-electron chi connectivity index (χ1n) is 6.46. The van der Waals surface area contributed by atoms with Gasteiger partial charge < -0.3 is 10.0 Å². The highest BCUT2D eigenvalue weighted by atomic mass is 16.4. The number of carbonyl (C=O) groups is 2. The minimum absolute atomic E-state index is 0.0889. The van der Waals surface area contributed by atoms with Crippen LogP contribution in [-0.2, 0) is 9.59 Å². The van der Waals surface area contributed by atoms with Gasteiger partial charge in [-0.05, 0) is 27.2 Å². The lowest BCUT2D eigenvalue weighted by molar-refractivity contribution is -0.156. The van der Waals surface area contributed by atoms with Crippen LogP contribution in [0.15, 0.2) is 0 Å². The molecule has 1 heterocycles. The van der Waals surface area contributed by atoms with Gasteiger partial charge in [-0.25, -0.2) is 0 Å². The number of amides is 1. The number of aliphatic carboxylic acids is 1. The summed E-state index contributed by atoms with van der Waals surface area (Å²) in [6.45, 7) is 8.83. The maximum atomic E-state index is 12.3. The summed E-state index contributed by atoms with van der Waals surface area (Å²) in [7, 11) is 1.76. The van der Waals surface area contributed by atoms with Gasteiger partial charge in [-0.2, -0.15) is 0 Å².